The third-order valence-corrected chi connectivity index (χ3v) is 3.85. The first kappa shape index (κ1) is 15.3. The Bertz CT molecular complexity index is 551. The van der Waals surface area contributed by atoms with E-state index >= 15 is 0 Å². The summed E-state index contributed by atoms with van der Waals surface area (Å²) in [4.78, 5) is 4.34. The Morgan fingerprint density at radius 1 is 1.25 bits per heavy atom. The number of nitrogens with zero attached hydrogens (tertiary/aromatic N) is 1. The summed E-state index contributed by atoms with van der Waals surface area (Å²) in [5.74, 6) is 0.751. The van der Waals surface area contributed by atoms with E-state index in [1.807, 2.05) is 12.3 Å². The van der Waals surface area contributed by atoms with Gasteiger partial charge in [-0.1, -0.05) is 26.0 Å². The van der Waals surface area contributed by atoms with Crippen molar-refractivity contribution in [1.82, 2.24) is 10.3 Å². The summed E-state index contributed by atoms with van der Waals surface area (Å²) in [5, 5.41) is 4.75. The standard InChI is InChI=1S/C17H23ClN2/c1-17(2,8-4-9-18)13-19-12-14-6-7-16-15(11-14)5-3-10-20-16/h3,5-7,10-11,19H,4,8-9,12-13H2,1-2H3. The fourth-order valence-electron chi connectivity index (χ4n) is 2.41. The number of pyridine rings is 1. The molecule has 1 N–H and O–H groups in total. The highest BCUT2D eigenvalue weighted by Gasteiger charge is 2.16. The number of hydrogen-bond acceptors (Lipinski definition) is 2. The normalized spacial score (nSPS) is 11.9. The van der Waals surface area contributed by atoms with E-state index in [2.05, 4.69) is 48.4 Å². The van der Waals surface area contributed by atoms with Crippen LogP contribution in [-0.4, -0.2) is 17.4 Å². The summed E-state index contributed by atoms with van der Waals surface area (Å²) in [6.07, 6.45) is 4.07. The Morgan fingerprint density at radius 2 is 2.10 bits per heavy atom. The van der Waals surface area contributed by atoms with Crippen LogP contribution in [-0.2, 0) is 6.54 Å². The molecule has 0 bridgehead atoms. The van der Waals surface area contributed by atoms with Crippen molar-refractivity contribution in [1.29, 1.82) is 0 Å². The summed E-state index contributed by atoms with van der Waals surface area (Å²) < 4.78 is 0. The van der Waals surface area contributed by atoms with Crippen LogP contribution in [0.25, 0.3) is 10.9 Å². The van der Waals surface area contributed by atoms with E-state index in [4.69, 9.17) is 11.6 Å². The number of fused-ring (bicyclic) bond motifs is 1. The van der Waals surface area contributed by atoms with Gasteiger partial charge in [-0.05, 0) is 42.0 Å². The quantitative estimate of drug-likeness (QED) is 0.766. The molecule has 0 saturated heterocycles. The van der Waals surface area contributed by atoms with E-state index < -0.39 is 0 Å². The summed E-state index contributed by atoms with van der Waals surface area (Å²) in [6.45, 7) is 6.48. The average molecular weight is 291 g/mol. The lowest BCUT2D eigenvalue weighted by atomic mass is 9.88. The van der Waals surface area contributed by atoms with Crippen molar-refractivity contribution in [3.05, 3.63) is 42.1 Å². The zero-order valence-electron chi connectivity index (χ0n) is 12.3. The van der Waals surface area contributed by atoms with Crippen molar-refractivity contribution >= 4 is 22.5 Å². The van der Waals surface area contributed by atoms with Crippen LogP contribution in [0.2, 0.25) is 0 Å². The van der Waals surface area contributed by atoms with Crippen LogP contribution in [0.4, 0.5) is 0 Å². The molecule has 20 heavy (non-hydrogen) atoms. The second-order valence-electron chi connectivity index (χ2n) is 6.09. The Balaban J connectivity index is 1.89. The number of halogens is 1. The summed E-state index contributed by atoms with van der Waals surface area (Å²) in [6, 6.07) is 10.5. The Kier molecular flexibility index (Phi) is 5.38. The van der Waals surface area contributed by atoms with E-state index in [-0.39, 0.29) is 0 Å². The molecule has 0 fully saturated rings. The predicted molar refractivity (Wildman–Crippen MR) is 87.2 cm³/mol. The van der Waals surface area contributed by atoms with Crippen molar-refractivity contribution < 1.29 is 0 Å². The molecule has 1 heterocycles. The van der Waals surface area contributed by atoms with Crippen molar-refractivity contribution in [2.24, 2.45) is 5.41 Å². The number of nitrogens with one attached hydrogen (secondary N) is 1. The maximum Gasteiger partial charge on any atom is 0.0702 e. The van der Waals surface area contributed by atoms with Gasteiger partial charge in [0.15, 0.2) is 0 Å². The lowest BCUT2D eigenvalue weighted by Gasteiger charge is -2.24. The molecule has 2 rings (SSSR count). The van der Waals surface area contributed by atoms with Gasteiger partial charge in [0.1, 0.15) is 0 Å². The zero-order chi connectivity index (χ0) is 14.4. The minimum absolute atomic E-state index is 0.299. The maximum absolute atomic E-state index is 5.77. The molecule has 3 heteroatoms. The van der Waals surface area contributed by atoms with Crippen LogP contribution >= 0.6 is 11.6 Å². The van der Waals surface area contributed by atoms with Gasteiger partial charge in [0, 0.05) is 30.6 Å². The Hall–Kier alpha value is -1.12. The number of rotatable bonds is 7. The van der Waals surface area contributed by atoms with E-state index in [1.54, 1.807) is 0 Å². The van der Waals surface area contributed by atoms with Crippen molar-refractivity contribution in [3.63, 3.8) is 0 Å². The lowest BCUT2D eigenvalue weighted by Crippen LogP contribution is -2.29. The van der Waals surface area contributed by atoms with E-state index in [0.717, 1.165) is 37.3 Å². The fourth-order valence-corrected chi connectivity index (χ4v) is 2.55. The van der Waals surface area contributed by atoms with Gasteiger partial charge in [-0.15, -0.1) is 11.6 Å². The Morgan fingerprint density at radius 3 is 2.90 bits per heavy atom. The largest absolute Gasteiger partial charge is 0.312 e. The lowest BCUT2D eigenvalue weighted by molar-refractivity contribution is 0.311. The van der Waals surface area contributed by atoms with Gasteiger partial charge < -0.3 is 5.32 Å². The molecule has 1 aromatic carbocycles. The predicted octanol–water partition coefficient (Wildman–Crippen LogP) is 4.37. The average Bonchev–Trinajstić information content (AvgIpc) is 2.45. The minimum atomic E-state index is 0.299. The van der Waals surface area contributed by atoms with Crippen LogP contribution in [0, 0.1) is 5.41 Å². The number of alkyl halides is 1. The van der Waals surface area contributed by atoms with Crippen molar-refractivity contribution in [2.45, 2.75) is 33.2 Å². The topological polar surface area (TPSA) is 24.9 Å². The second kappa shape index (κ2) is 7.05. The van der Waals surface area contributed by atoms with Gasteiger partial charge in [0.2, 0.25) is 0 Å². The van der Waals surface area contributed by atoms with Crippen LogP contribution in [0.1, 0.15) is 32.3 Å². The Labute approximate surface area is 126 Å². The number of benzene rings is 1. The molecular formula is C17H23ClN2. The van der Waals surface area contributed by atoms with Crippen LogP contribution < -0.4 is 5.32 Å². The third-order valence-electron chi connectivity index (χ3n) is 3.59. The molecule has 0 aliphatic heterocycles. The minimum Gasteiger partial charge on any atom is -0.312 e. The van der Waals surface area contributed by atoms with Crippen LogP contribution in [0.15, 0.2) is 36.5 Å². The van der Waals surface area contributed by atoms with Gasteiger partial charge in [0.05, 0.1) is 5.52 Å². The molecule has 2 nitrogen and oxygen atoms in total. The summed E-state index contributed by atoms with van der Waals surface area (Å²) in [7, 11) is 0. The molecule has 0 unspecified atom stereocenters. The van der Waals surface area contributed by atoms with Gasteiger partial charge in [-0.2, -0.15) is 0 Å². The SMILES string of the molecule is CC(C)(CCCCl)CNCc1ccc2ncccc2c1. The molecule has 0 amide bonds. The van der Waals surface area contributed by atoms with Crippen LogP contribution in [0.3, 0.4) is 0 Å². The molecule has 0 atom stereocenters. The first-order chi connectivity index (χ1) is 9.61. The highest BCUT2D eigenvalue weighted by Crippen LogP contribution is 2.21. The molecule has 108 valence electrons. The van der Waals surface area contributed by atoms with Gasteiger partial charge >= 0.3 is 0 Å². The van der Waals surface area contributed by atoms with Crippen molar-refractivity contribution in [2.75, 3.05) is 12.4 Å². The molecule has 1 aromatic heterocycles. The van der Waals surface area contributed by atoms with E-state index in [0.29, 0.717) is 5.41 Å². The molecule has 0 aliphatic carbocycles. The van der Waals surface area contributed by atoms with E-state index in [1.165, 1.54) is 10.9 Å². The summed E-state index contributed by atoms with van der Waals surface area (Å²) >= 11 is 5.77. The first-order valence-electron chi connectivity index (χ1n) is 7.21. The number of aromatic nitrogens is 1. The molecule has 2 aromatic rings. The number of hydrogen-bond donors (Lipinski definition) is 1. The monoisotopic (exact) mass is 290 g/mol. The van der Waals surface area contributed by atoms with E-state index in [9.17, 15) is 0 Å². The van der Waals surface area contributed by atoms with Gasteiger partial charge in [-0.25, -0.2) is 0 Å². The highest BCUT2D eigenvalue weighted by molar-refractivity contribution is 6.17. The smallest absolute Gasteiger partial charge is 0.0702 e. The molecule has 0 radical (unpaired) electrons. The first-order valence-corrected chi connectivity index (χ1v) is 7.74. The van der Waals surface area contributed by atoms with Crippen molar-refractivity contribution in [3.8, 4) is 0 Å². The summed E-state index contributed by atoms with van der Waals surface area (Å²) in [5.41, 5.74) is 2.66. The van der Waals surface area contributed by atoms with Gasteiger partial charge in [-0.3, -0.25) is 4.98 Å². The second-order valence-corrected chi connectivity index (χ2v) is 6.47. The third kappa shape index (κ3) is 4.46. The molecule has 0 spiro atoms. The molecule has 0 saturated carbocycles. The van der Waals surface area contributed by atoms with Gasteiger partial charge in [0.25, 0.3) is 0 Å². The van der Waals surface area contributed by atoms with Crippen LogP contribution in [0.5, 0.6) is 0 Å². The molecule has 0 aliphatic rings. The maximum atomic E-state index is 5.77. The zero-order valence-corrected chi connectivity index (χ0v) is 13.1. The highest BCUT2D eigenvalue weighted by atomic mass is 35.5. The molecular weight excluding hydrogens is 268 g/mol. The fraction of sp³-hybridized carbons (Fsp3) is 0.471.